The van der Waals surface area contributed by atoms with Gasteiger partial charge in [0.25, 0.3) is 0 Å². The number of benzene rings is 11. The second-order valence-electron chi connectivity index (χ2n) is 18.6. The highest BCUT2D eigenvalue weighted by molar-refractivity contribution is 6.13. The van der Waals surface area contributed by atoms with Crippen molar-refractivity contribution < 1.29 is 0 Å². The second-order valence-corrected chi connectivity index (χ2v) is 18.6. The van der Waals surface area contributed by atoms with Crippen LogP contribution < -0.4 is 4.90 Å². The fourth-order valence-corrected chi connectivity index (χ4v) is 11.6. The molecule has 0 bridgehead atoms. The lowest BCUT2D eigenvalue weighted by molar-refractivity contribution is 0.445. The molecule has 0 spiro atoms. The lowest BCUT2D eigenvalue weighted by Gasteiger charge is -2.30. The molecular formula is C66H50N2. The summed E-state index contributed by atoms with van der Waals surface area (Å²) in [7, 11) is 0. The highest BCUT2D eigenvalue weighted by Gasteiger charge is 2.24. The Hall–Kier alpha value is -8.20. The van der Waals surface area contributed by atoms with Crippen LogP contribution in [0.2, 0.25) is 0 Å². The molecule has 2 heteroatoms. The first-order chi connectivity index (χ1) is 33.7. The summed E-state index contributed by atoms with van der Waals surface area (Å²) in [5, 5.41) is 10.3. The highest BCUT2D eigenvalue weighted by Crippen LogP contribution is 2.47. The summed E-state index contributed by atoms with van der Waals surface area (Å²) >= 11 is 0. The van der Waals surface area contributed by atoms with Gasteiger partial charge < -0.3 is 9.47 Å². The van der Waals surface area contributed by atoms with Gasteiger partial charge in [0.1, 0.15) is 0 Å². The fraction of sp³-hybridized carbons (Fsp3) is 0.0909. The van der Waals surface area contributed by atoms with Gasteiger partial charge in [-0.2, -0.15) is 0 Å². The molecule has 0 atom stereocenters. The van der Waals surface area contributed by atoms with Crippen molar-refractivity contribution in [3.63, 3.8) is 0 Å². The Kier molecular flexibility index (Phi) is 9.97. The van der Waals surface area contributed by atoms with Gasteiger partial charge in [-0.3, -0.25) is 0 Å². The Morgan fingerprint density at radius 1 is 0.353 bits per heavy atom. The van der Waals surface area contributed by atoms with Crippen LogP contribution in [0.25, 0.3) is 93.2 Å². The predicted molar refractivity (Wildman–Crippen MR) is 290 cm³/mol. The molecule has 68 heavy (non-hydrogen) atoms. The summed E-state index contributed by atoms with van der Waals surface area (Å²) < 4.78 is 2.41. The van der Waals surface area contributed by atoms with Crippen LogP contribution in [0.3, 0.4) is 0 Å². The number of rotatable bonds is 8. The van der Waals surface area contributed by atoms with E-state index in [1.165, 1.54) is 125 Å². The van der Waals surface area contributed by atoms with E-state index in [0.29, 0.717) is 5.92 Å². The molecule has 0 radical (unpaired) electrons. The van der Waals surface area contributed by atoms with Crippen LogP contribution in [-0.2, 0) is 0 Å². The summed E-state index contributed by atoms with van der Waals surface area (Å²) in [5.41, 5.74) is 15.7. The summed E-state index contributed by atoms with van der Waals surface area (Å²) in [6.45, 7) is 0. The summed E-state index contributed by atoms with van der Waals surface area (Å²) in [6, 6.07) is 87.9. The van der Waals surface area contributed by atoms with E-state index in [-0.39, 0.29) is 0 Å². The van der Waals surface area contributed by atoms with E-state index >= 15 is 0 Å². The van der Waals surface area contributed by atoms with Crippen molar-refractivity contribution in [3.05, 3.63) is 242 Å². The average molecular weight is 871 g/mol. The van der Waals surface area contributed by atoms with Crippen molar-refractivity contribution in [2.45, 2.75) is 38.0 Å². The van der Waals surface area contributed by atoms with E-state index < -0.39 is 0 Å². The molecule has 1 heterocycles. The van der Waals surface area contributed by atoms with E-state index in [2.05, 4.69) is 246 Å². The minimum absolute atomic E-state index is 0.570. The lowest BCUT2D eigenvalue weighted by Crippen LogP contribution is -2.12. The molecule has 1 aromatic heterocycles. The standard InChI is InChI=1S/C66H50N2/c1-3-18-45(19-4-1)56-33-15-21-47-22-16-35-62(66(47)56)60-31-10-11-36-63(60)67(53-28-14-24-50(43-53)55-32-17-34-57-54-29-8-7-20-46(54)38-40-58(55)57)52-27-13-23-48(42-52)49-39-41-61-59-30-9-12-37-64(59)68(65(61)44-49)51-25-5-2-6-26-51/h2,5-17,20-45H,1,3-4,18-19H2. The van der Waals surface area contributed by atoms with E-state index in [4.69, 9.17) is 0 Å². The summed E-state index contributed by atoms with van der Waals surface area (Å²) in [4.78, 5) is 2.50. The molecule has 0 unspecified atom stereocenters. The molecule has 1 aliphatic rings. The van der Waals surface area contributed by atoms with Gasteiger partial charge in [-0.05, 0) is 139 Å². The first-order valence-corrected chi connectivity index (χ1v) is 24.4. The molecule has 0 amide bonds. The molecule has 0 N–H and O–H groups in total. The third-order valence-corrected chi connectivity index (χ3v) is 14.7. The number of hydrogen-bond donors (Lipinski definition) is 0. The number of hydrogen-bond acceptors (Lipinski definition) is 1. The molecule has 11 aromatic carbocycles. The first kappa shape index (κ1) is 40.1. The Morgan fingerprint density at radius 2 is 0.956 bits per heavy atom. The summed E-state index contributed by atoms with van der Waals surface area (Å²) in [6.07, 6.45) is 6.44. The SMILES string of the molecule is c1ccc(-n2c3ccccc3c3ccc(-c4cccc(N(c5cccc(-c6cccc7c6ccc6ccccc67)c5)c5ccccc5-c5cccc6cccc(C7CCCCC7)c56)c4)cc32)cc1. The number of para-hydroxylation sites is 3. The molecule has 13 rings (SSSR count). The van der Waals surface area contributed by atoms with Crippen LogP contribution in [0.4, 0.5) is 17.1 Å². The van der Waals surface area contributed by atoms with Crippen LogP contribution in [0, 0.1) is 0 Å². The highest BCUT2D eigenvalue weighted by atomic mass is 15.1. The van der Waals surface area contributed by atoms with E-state index in [1.807, 2.05) is 0 Å². The van der Waals surface area contributed by atoms with Crippen molar-refractivity contribution in [2.75, 3.05) is 4.90 Å². The second kappa shape index (κ2) is 16.9. The molecule has 1 fully saturated rings. The minimum Gasteiger partial charge on any atom is -0.310 e. The van der Waals surface area contributed by atoms with Crippen LogP contribution >= 0.6 is 0 Å². The Balaban J connectivity index is 1.02. The molecular weight excluding hydrogens is 821 g/mol. The van der Waals surface area contributed by atoms with Gasteiger partial charge in [-0.1, -0.05) is 201 Å². The molecule has 0 aliphatic heterocycles. The third kappa shape index (κ3) is 6.87. The molecule has 1 aliphatic carbocycles. The van der Waals surface area contributed by atoms with Gasteiger partial charge in [0.2, 0.25) is 0 Å². The summed E-state index contributed by atoms with van der Waals surface area (Å²) in [5.74, 6) is 0.570. The smallest absolute Gasteiger partial charge is 0.0547 e. The Morgan fingerprint density at radius 3 is 1.82 bits per heavy atom. The van der Waals surface area contributed by atoms with Gasteiger partial charge in [-0.15, -0.1) is 0 Å². The van der Waals surface area contributed by atoms with Crippen molar-refractivity contribution in [3.8, 4) is 39.1 Å². The quantitative estimate of drug-likeness (QED) is 0.138. The van der Waals surface area contributed by atoms with E-state index in [0.717, 1.165) is 22.7 Å². The molecule has 2 nitrogen and oxygen atoms in total. The van der Waals surface area contributed by atoms with Crippen molar-refractivity contribution in [1.82, 2.24) is 4.57 Å². The largest absolute Gasteiger partial charge is 0.310 e. The topological polar surface area (TPSA) is 8.17 Å². The monoisotopic (exact) mass is 870 g/mol. The zero-order valence-corrected chi connectivity index (χ0v) is 38.0. The van der Waals surface area contributed by atoms with Gasteiger partial charge in [-0.25, -0.2) is 0 Å². The van der Waals surface area contributed by atoms with Crippen LogP contribution in [-0.4, -0.2) is 4.57 Å². The molecule has 324 valence electrons. The van der Waals surface area contributed by atoms with Crippen molar-refractivity contribution >= 4 is 71.2 Å². The fourth-order valence-electron chi connectivity index (χ4n) is 11.6. The van der Waals surface area contributed by atoms with Crippen LogP contribution in [0.1, 0.15) is 43.6 Å². The van der Waals surface area contributed by atoms with Gasteiger partial charge in [0.15, 0.2) is 0 Å². The minimum atomic E-state index is 0.570. The maximum absolute atomic E-state index is 2.50. The molecule has 1 saturated carbocycles. The van der Waals surface area contributed by atoms with Crippen molar-refractivity contribution in [2.24, 2.45) is 0 Å². The normalized spacial score (nSPS) is 13.2. The zero-order chi connectivity index (χ0) is 45.0. The maximum atomic E-state index is 2.50. The number of fused-ring (bicyclic) bond motifs is 7. The third-order valence-electron chi connectivity index (χ3n) is 14.7. The molecule has 0 saturated heterocycles. The van der Waals surface area contributed by atoms with Gasteiger partial charge in [0, 0.05) is 33.4 Å². The zero-order valence-electron chi connectivity index (χ0n) is 38.0. The number of aromatic nitrogens is 1. The van der Waals surface area contributed by atoms with Crippen LogP contribution in [0.5, 0.6) is 0 Å². The first-order valence-electron chi connectivity index (χ1n) is 24.4. The maximum Gasteiger partial charge on any atom is 0.0547 e. The van der Waals surface area contributed by atoms with Gasteiger partial charge in [0.05, 0.1) is 16.7 Å². The average Bonchev–Trinajstić information content (AvgIpc) is 3.75. The molecule has 12 aromatic rings. The van der Waals surface area contributed by atoms with E-state index in [1.54, 1.807) is 0 Å². The number of nitrogens with zero attached hydrogens (tertiary/aromatic N) is 2. The number of anilines is 3. The lowest BCUT2D eigenvalue weighted by atomic mass is 9.80. The van der Waals surface area contributed by atoms with E-state index in [9.17, 15) is 0 Å². The predicted octanol–water partition coefficient (Wildman–Crippen LogP) is 18.8. The Labute approximate surface area is 398 Å². The van der Waals surface area contributed by atoms with Gasteiger partial charge >= 0.3 is 0 Å². The Bertz CT molecular complexity index is 3850. The van der Waals surface area contributed by atoms with Crippen LogP contribution in [0.15, 0.2) is 237 Å². The van der Waals surface area contributed by atoms with Crippen molar-refractivity contribution in [1.29, 1.82) is 0 Å².